The molecule has 1 N–H and O–H groups in total. The lowest BCUT2D eigenvalue weighted by atomic mass is 10.3. The van der Waals surface area contributed by atoms with E-state index in [1.807, 2.05) is 0 Å². The summed E-state index contributed by atoms with van der Waals surface area (Å²) in [7, 11) is 0. The minimum Gasteiger partial charge on any atom is -0.475 e. The lowest BCUT2D eigenvalue weighted by molar-refractivity contribution is -0.385. The van der Waals surface area contributed by atoms with Gasteiger partial charge in [-0.15, -0.1) is 0 Å². The second-order valence-electron chi connectivity index (χ2n) is 3.89. The molecule has 1 saturated heterocycles. The molecular weight excluding hydrogens is 252 g/mol. The average Bonchev–Trinajstić information content (AvgIpc) is 2.45. The maximum Gasteiger partial charge on any atom is 0.305 e. The lowest BCUT2D eigenvalue weighted by Gasteiger charge is -2.23. The van der Waals surface area contributed by atoms with E-state index < -0.39 is 4.92 Å². The van der Waals surface area contributed by atoms with E-state index in [1.165, 1.54) is 12.1 Å². The number of nitrogens with zero attached hydrogens (tertiary/aromatic N) is 3. The molecule has 0 aliphatic carbocycles. The highest BCUT2D eigenvalue weighted by Crippen LogP contribution is 2.19. The molecule has 1 aliphatic rings. The highest BCUT2D eigenvalue weighted by molar-refractivity contribution is 5.45. The Bertz CT molecular complexity index is 508. The number of ether oxygens (including phenoxy) is 2. The topological polar surface area (TPSA) is 110 Å². The molecule has 1 aromatic heterocycles. The van der Waals surface area contributed by atoms with Crippen LogP contribution in [-0.4, -0.2) is 42.3 Å². The fourth-order valence-corrected chi connectivity index (χ4v) is 1.65. The standard InChI is InChI=1S/C11H12N4O4/c12-5-9-10(15(16)17)1-2-11(14-9)19-7-8-6-13-3-4-18-8/h1-2,8,13H,3-4,6-7H2. The number of hydrogen-bond acceptors (Lipinski definition) is 7. The number of morpholine rings is 1. The zero-order chi connectivity index (χ0) is 13.7. The smallest absolute Gasteiger partial charge is 0.305 e. The Morgan fingerprint density at radius 1 is 1.68 bits per heavy atom. The molecule has 1 aliphatic heterocycles. The molecule has 8 nitrogen and oxygen atoms in total. The number of nitriles is 1. The van der Waals surface area contributed by atoms with E-state index in [9.17, 15) is 10.1 Å². The average molecular weight is 264 g/mol. The van der Waals surface area contributed by atoms with Crippen LogP contribution in [0.25, 0.3) is 0 Å². The lowest BCUT2D eigenvalue weighted by Crippen LogP contribution is -2.41. The number of aromatic nitrogens is 1. The van der Waals surface area contributed by atoms with Gasteiger partial charge < -0.3 is 14.8 Å². The highest BCUT2D eigenvalue weighted by Gasteiger charge is 2.18. The van der Waals surface area contributed by atoms with Gasteiger partial charge in [-0.05, 0) is 0 Å². The third-order valence-electron chi connectivity index (χ3n) is 2.57. The predicted octanol–water partition coefficient (Wildman–Crippen LogP) is 0.229. The van der Waals surface area contributed by atoms with Crippen molar-refractivity contribution in [3.05, 3.63) is 27.9 Å². The van der Waals surface area contributed by atoms with Gasteiger partial charge in [0.15, 0.2) is 0 Å². The molecule has 19 heavy (non-hydrogen) atoms. The molecule has 0 bridgehead atoms. The molecule has 2 heterocycles. The normalized spacial score (nSPS) is 18.6. The van der Waals surface area contributed by atoms with Crippen LogP contribution >= 0.6 is 0 Å². The van der Waals surface area contributed by atoms with Crippen LogP contribution in [-0.2, 0) is 4.74 Å². The molecule has 0 radical (unpaired) electrons. The van der Waals surface area contributed by atoms with Crippen molar-refractivity contribution in [3.8, 4) is 11.9 Å². The first-order valence-corrected chi connectivity index (χ1v) is 5.71. The van der Waals surface area contributed by atoms with Crippen LogP contribution in [0.1, 0.15) is 5.69 Å². The molecular formula is C11H12N4O4. The summed E-state index contributed by atoms with van der Waals surface area (Å²) in [6.45, 7) is 2.39. The van der Waals surface area contributed by atoms with Crippen molar-refractivity contribution >= 4 is 5.69 Å². The zero-order valence-electron chi connectivity index (χ0n) is 10.0. The summed E-state index contributed by atoms with van der Waals surface area (Å²) in [5, 5.41) is 22.6. The van der Waals surface area contributed by atoms with Crippen molar-refractivity contribution in [2.24, 2.45) is 0 Å². The minimum atomic E-state index is -0.649. The Balaban J connectivity index is 2.01. The molecule has 2 rings (SSSR count). The summed E-state index contributed by atoms with van der Waals surface area (Å²) in [5.74, 6) is 0.177. The Morgan fingerprint density at radius 2 is 2.53 bits per heavy atom. The van der Waals surface area contributed by atoms with Gasteiger partial charge in [-0.25, -0.2) is 0 Å². The van der Waals surface area contributed by atoms with Crippen LogP contribution in [0.5, 0.6) is 5.88 Å². The van der Waals surface area contributed by atoms with Crippen molar-refractivity contribution in [2.45, 2.75) is 6.10 Å². The third-order valence-corrected chi connectivity index (χ3v) is 2.57. The largest absolute Gasteiger partial charge is 0.475 e. The van der Waals surface area contributed by atoms with Gasteiger partial charge in [-0.3, -0.25) is 10.1 Å². The number of nitrogens with one attached hydrogen (secondary N) is 1. The zero-order valence-corrected chi connectivity index (χ0v) is 10.0. The molecule has 0 spiro atoms. The Kier molecular flexibility index (Phi) is 4.22. The Labute approximate surface area is 109 Å². The SMILES string of the molecule is N#Cc1nc(OCC2CNCCO2)ccc1[N+](=O)[O-]. The van der Waals surface area contributed by atoms with Gasteiger partial charge in [-0.2, -0.15) is 10.2 Å². The number of rotatable bonds is 4. The molecule has 100 valence electrons. The van der Waals surface area contributed by atoms with E-state index in [4.69, 9.17) is 14.7 Å². The Hall–Kier alpha value is -2.24. The van der Waals surface area contributed by atoms with Crippen LogP contribution in [0.2, 0.25) is 0 Å². The van der Waals surface area contributed by atoms with Crippen molar-refractivity contribution in [3.63, 3.8) is 0 Å². The van der Waals surface area contributed by atoms with Gasteiger partial charge in [-0.1, -0.05) is 0 Å². The van der Waals surface area contributed by atoms with E-state index in [2.05, 4.69) is 10.3 Å². The van der Waals surface area contributed by atoms with E-state index in [0.29, 0.717) is 13.2 Å². The maximum absolute atomic E-state index is 10.6. The molecule has 1 atom stereocenters. The minimum absolute atomic E-state index is 0.0868. The summed E-state index contributed by atoms with van der Waals surface area (Å²) in [4.78, 5) is 13.8. The van der Waals surface area contributed by atoms with Gasteiger partial charge in [0.2, 0.25) is 11.6 Å². The van der Waals surface area contributed by atoms with Gasteiger partial charge in [0.05, 0.1) is 11.5 Å². The number of nitro groups is 1. The molecule has 1 aromatic rings. The third kappa shape index (κ3) is 3.37. The maximum atomic E-state index is 10.6. The van der Waals surface area contributed by atoms with Crippen LogP contribution in [0.15, 0.2) is 12.1 Å². The van der Waals surface area contributed by atoms with Crippen LogP contribution < -0.4 is 10.1 Å². The summed E-state index contributed by atoms with van der Waals surface area (Å²) in [6.07, 6.45) is -0.0868. The monoisotopic (exact) mass is 264 g/mol. The van der Waals surface area contributed by atoms with Crippen LogP contribution in [0.3, 0.4) is 0 Å². The molecule has 8 heteroatoms. The van der Waals surface area contributed by atoms with Crippen molar-refractivity contribution in [1.29, 1.82) is 5.26 Å². The number of pyridine rings is 1. The molecule has 0 saturated carbocycles. The van der Waals surface area contributed by atoms with E-state index >= 15 is 0 Å². The quantitative estimate of drug-likeness (QED) is 0.612. The van der Waals surface area contributed by atoms with Crippen molar-refractivity contribution in [1.82, 2.24) is 10.3 Å². The van der Waals surface area contributed by atoms with E-state index in [-0.39, 0.29) is 30.0 Å². The first kappa shape index (κ1) is 13.2. The highest BCUT2D eigenvalue weighted by atomic mass is 16.6. The second kappa shape index (κ2) is 6.08. The van der Waals surface area contributed by atoms with Gasteiger partial charge in [0.25, 0.3) is 0 Å². The predicted molar refractivity (Wildman–Crippen MR) is 63.7 cm³/mol. The van der Waals surface area contributed by atoms with Crippen LogP contribution in [0, 0.1) is 21.4 Å². The van der Waals surface area contributed by atoms with Gasteiger partial charge in [0, 0.05) is 25.2 Å². The van der Waals surface area contributed by atoms with Gasteiger partial charge in [0.1, 0.15) is 18.8 Å². The fraction of sp³-hybridized carbons (Fsp3) is 0.455. The fourth-order valence-electron chi connectivity index (χ4n) is 1.65. The van der Waals surface area contributed by atoms with Crippen molar-refractivity contribution in [2.75, 3.05) is 26.3 Å². The molecule has 1 unspecified atom stereocenters. The molecule has 0 aromatic carbocycles. The molecule has 1 fully saturated rings. The van der Waals surface area contributed by atoms with E-state index in [1.54, 1.807) is 6.07 Å². The summed E-state index contributed by atoms with van der Waals surface area (Å²) in [6, 6.07) is 4.26. The first-order chi connectivity index (χ1) is 9.20. The van der Waals surface area contributed by atoms with E-state index in [0.717, 1.165) is 6.54 Å². The Morgan fingerprint density at radius 3 is 3.16 bits per heavy atom. The van der Waals surface area contributed by atoms with Crippen LogP contribution in [0.4, 0.5) is 5.69 Å². The van der Waals surface area contributed by atoms with Crippen molar-refractivity contribution < 1.29 is 14.4 Å². The summed E-state index contributed by atoms with van der Waals surface area (Å²) in [5.41, 5.74) is -0.587. The van der Waals surface area contributed by atoms with Gasteiger partial charge >= 0.3 is 5.69 Å². The summed E-state index contributed by atoms with van der Waals surface area (Å²) >= 11 is 0. The molecule has 0 amide bonds. The number of hydrogen-bond donors (Lipinski definition) is 1. The second-order valence-corrected chi connectivity index (χ2v) is 3.89. The summed E-state index contributed by atoms with van der Waals surface area (Å²) < 4.78 is 10.8. The first-order valence-electron chi connectivity index (χ1n) is 5.71.